The van der Waals surface area contributed by atoms with Crippen LogP contribution in [0.2, 0.25) is 0 Å². The molecule has 2 aliphatic heterocycles. The van der Waals surface area contributed by atoms with Crippen molar-refractivity contribution in [1.29, 1.82) is 0 Å². The lowest BCUT2D eigenvalue weighted by Gasteiger charge is -2.30. The SMILES string of the molecule is O=S(=O)(NC1CCC2NNNC2C1)c1ccc2c(c1)CCCO2. The van der Waals surface area contributed by atoms with Crippen LogP contribution >= 0.6 is 0 Å². The highest BCUT2D eigenvalue weighted by Crippen LogP contribution is 2.28. The van der Waals surface area contributed by atoms with Crippen LogP contribution < -0.4 is 25.8 Å². The van der Waals surface area contributed by atoms with Crippen molar-refractivity contribution in [3.05, 3.63) is 23.8 Å². The van der Waals surface area contributed by atoms with E-state index in [2.05, 4.69) is 21.1 Å². The topological polar surface area (TPSA) is 91.5 Å². The summed E-state index contributed by atoms with van der Waals surface area (Å²) in [5.41, 5.74) is 10.2. The van der Waals surface area contributed by atoms with Gasteiger partial charge in [0.1, 0.15) is 5.75 Å². The van der Waals surface area contributed by atoms with Gasteiger partial charge in [0.15, 0.2) is 0 Å². The van der Waals surface area contributed by atoms with Crippen molar-refractivity contribution in [2.24, 2.45) is 0 Å². The molecule has 7 nitrogen and oxygen atoms in total. The smallest absolute Gasteiger partial charge is 0.240 e. The zero-order valence-electron chi connectivity index (χ0n) is 12.8. The quantitative estimate of drug-likeness (QED) is 0.629. The molecule has 1 aromatic carbocycles. The zero-order chi connectivity index (χ0) is 15.9. The Morgan fingerprint density at radius 1 is 1.17 bits per heavy atom. The van der Waals surface area contributed by atoms with Gasteiger partial charge in [-0.25, -0.2) is 24.0 Å². The van der Waals surface area contributed by atoms with Gasteiger partial charge in [-0.1, -0.05) is 0 Å². The monoisotopic (exact) mass is 338 g/mol. The largest absolute Gasteiger partial charge is 0.493 e. The molecule has 4 rings (SSSR count). The number of aryl methyl sites for hydroxylation is 1. The predicted octanol–water partition coefficient (Wildman–Crippen LogP) is 0.192. The van der Waals surface area contributed by atoms with Crippen LogP contribution in [-0.4, -0.2) is 33.2 Å². The summed E-state index contributed by atoms with van der Waals surface area (Å²) in [6, 6.07) is 5.74. The van der Waals surface area contributed by atoms with Gasteiger partial charge in [-0.05, 0) is 55.9 Å². The van der Waals surface area contributed by atoms with Crippen LogP contribution in [-0.2, 0) is 16.4 Å². The van der Waals surface area contributed by atoms with Crippen LogP contribution in [0.5, 0.6) is 5.75 Å². The molecule has 2 fully saturated rings. The van der Waals surface area contributed by atoms with Crippen molar-refractivity contribution in [1.82, 2.24) is 21.1 Å². The zero-order valence-corrected chi connectivity index (χ0v) is 13.7. The molecule has 23 heavy (non-hydrogen) atoms. The minimum atomic E-state index is -3.50. The minimum absolute atomic E-state index is 0.0391. The Balaban J connectivity index is 1.49. The van der Waals surface area contributed by atoms with Crippen LogP contribution in [0.1, 0.15) is 31.2 Å². The maximum atomic E-state index is 12.7. The number of rotatable bonds is 3. The van der Waals surface area contributed by atoms with Crippen LogP contribution in [0.25, 0.3) is 0 Å². The van der Waals surface area contributed by atoms with Gasteiger partial charge < -0.3 is 4.74 Å². The molecule has 0 spiro atoms. The fraction of sp³-hybridized carbons (Fsp3) is 0.600. The first kappa shape index (κ1) is 15.3. The molecule has 1 saturated carbocycles. The molecule has 0 bridgehead atoms. The average Bonchev–Trinajstić information content (AvgIpc) is 3.01. The Bertz CT molecular complexity index is 694. The van der Waals surface area contributed by atoms with Crippen LogP contribution in [0.4, 0.5) is 0 Å². The van der Waals surface area contributed by atoms with Crippen molar-refractivity contribution >= 4 is 10.0 Å². The highest BCUT2D eigenvalue weighted by Gasteiger charge is 2.35. The Morgan fingerprint density at radius 2 is 2.04 bits per heavy atom. The predicted molar refractivity (Wildman–Crippen MR) is 85.2 cm³/mol. The molecule has 126 valence electrons. The number of nitrogens with one attached hydrogen (secondary N) is 4. The summed E-state index contributed by atoms with van der Waals surface area (Å²) in [7, 11) is -3.50. The van der Waals surface area contributed by atoms with Crippen molar-refractivity contribution in [2.45, 2.75) is 55.1 Å². The van der Waals surface area contributed by atoms with Crippen LogP contribution in [0, 0.1) is 0 Å². The van der Waals surface area contributed by atoms with Crippen molar-refractivity contribution in [2.75, 3.05) is 6.61 Å². The van der Waals surface area contributed by atoms with E-state index in [0.717, 1.165) is 43.4 Å². The summed E-state index contributed by atoms with van der Waals surface area (Å²) in [6.07, 6.45) is 4.35. The fourth-order valence-corrected chi connectivity index (χ4v) is 4.96. The van der Waals surface area contributed by atoms with Crippen molar-refractivity contribution < 1.29 is 13.2 Å². The van der Waals surface area contributed by atoms with Crippen LogP contribution in [0.15, 0.2) is 23.1 Å². The third kappa shape index (κ3) is 3.09. The molecule has 1 aliphatic carbocycles. The van der Waals surface area contributed by atoms with E-state index in [0.29, 0.717) is 17.5 Å². The molecule has 3 atom stereocenters. The van der Waals surface area contributed by atoms with Gasteiger partial charge in [0.2, 0.25) is 10.0 Å². The molecule has 3 unspecified atom stereocenters. The standard InChI is InChI=1S/C15H22N4O3S/c20-23(21,12-4-6-15-10(8-12)2-1-7-22-15)18-11-3-5-13-14(9-11)17-19-16-13/h4,6,8,11,13-14,16-19H,1-3,5,7,9H2. The van der Waals surface area contributed by atoms with E-state index in [1.165, 1.54) is 0 Å². The fourth-order valence-electron chi connectivity index (χ4n) is 3.63. The van der Waals surface area contributed by atoms with E-state index < -0.39 is 10.0 Å². The van der Waals surface area contributed by atoms with Gasteiger partial charge in [-0.15, -0.1) is 0 Å². The number of sulfonamides is 1. The Kier molecular flexibility index (Phi) is 4.02. The molecule has 4 N–H and O–H groups in total. The summed E-state index contributed by atoms with van der Waals surface area (Å²) in [4.78, 5) is 0.333. The molecule has 0 amide bonds. The second kappa shape index (κ2) is 6.03. The number of ether oxygens (including phenoxy) is 1. The summed E-state index contributed by atoms with van der Waals surface area (Å²) < 4.78 is 33.8. The van der Waals surface area contributed by atoms with Crippen molar-refractivity contribution in [3.63, 3.8) is 0 Å². The lowest BCUT2D eigenvalue weighted by molar-refractivity contribution is 0.288. The van der Waals surface area contributed by atoms with E-state index in [1.54, 1.807) is 18.2 Å². The average molecular weight is 338 g/mol. The lowest BCUT2D eigenvalue weighted by Crippen LogP contribution is -2.47. The van der Waals surface area contributed by atoms with Gasteiger partial charge in [0.05, 0.1) is 11.5 Å². The molecule has 1 saturated heterocycles. The number of hydrogen-bond acceptors (Lipinski definition) is 6. The summed E-state index contributed by atoms with van der Waals surface area (Å²) in [5.74, 6) is 0.808. The molecule has 0 aromatic heterocycles. The van der Waals surface area contributed by atoms with E-state index in [9.17, 15) is 8.42 Å². The van der Waals surface area contributed by atoms with Crippen LogP contribution in [0.3, 0.4) is 0 Å². The highest BCUT2D eigenvalue weighted by atomic mass is 32.2. The van der Waals surface area contributed by atoms with Gasteiger partial charge in [-0.2, -0.15) is 5.53 Å². The lowest BCUT2D eigenvalue weighted by atomic mass is 9.88. The molecule has 3 aliphatic rings. The second-order valence-corrected chi connectivity index (χ2v) is 8.19. The molecule has 2 heterocycles. The maximum Gasteiger partial charge on any atom is 0.240 e. The normalized spacial score (nSPS) is 30.3. The Hall–Kier alpha value is -1.19. The number of fused-ring (bicyclic) bond motifs is 2. The number of hydrazine groups is 2. The van der Waals surface area contributed by atoms with Gasteiger partial charge >= 0.3 is 0 Å². The molecule has 1 aromatic rings. The van der Waals surface area contributed by atoms with E-state index in [-0.39, 0.29) is 12.1 Å². The molecule has 0 radical (unpaired) electrons. The summed E-state index contributed by atoms with van der Waals surface area (Å²) >= 11 is 0. The molecular weight excluding hydrogens is 316 g/mol. The summed E-state index contributed by atoms with van der Waals surface area (Å²) in [6.45, 7) is 0.705. The first-order valence-corrected chi connectivity index (χ1v) is 9.64. The van der Waals surface area contributed by atoms with Crippen molar-refractivity contribution in [3.8, 4) is 5.75 Å². The molecular formula is C15H22N4O3S. The van der Waals surface area contributed by atoms with Gasteiger partial charge in [0, 0.05) is 18.1 Å². The maximum absolute atomic E-state index is 12.7. The second-order valence-electron chi connectivity index (χ2n) is 6.48. The van der Waals surface area contributed by atoms with E-state index >= 15 is 0 Å². The summed E-state index contributed by atoms with van der Waals surface area (Å²) in [5, 5.41) is 0. The van der Waals surface area contributed by atoms with Gasteiger partial charge in [-0.3, -0.25) is 0 Å². The third-order valence-corrected chi connectivity index (χ3v) is 6.40. The van der Waals surface area contributed by atoms with Gasteiger partial charge in [0.25, 0.3) is 0 Å². The van der Waals surface area contributed by atoms with E-state index in [1.807, 2.05) is 0 Å². The Labute approximate surface area is 136 Å². The molecule has 8 heteroatoms. The minimum Gasteiger partial charge on any atom is -0.493 e. The first-order valence-electron chi connectivity index (χ1n) is 8.16. The third-order valence-electron chi connectivity index (χ3n) is 4.88. The number of hydrogen-bond donors (Lipinski definition) is 4. The number of benzene rings is 1. The Morgan fingerprint density at radius 3 is 2.96 bits per heavy atom. The van der Waals surface area contributed by atoms with E-state index in [4.69, 9.17) is 4.74 Å². The highest BCUT2D eigenvalue weighted by molar-refractivity contribution is 7.89. The first-order chi connectivity index (χ1) is 11.1.